The van der Waals surface area contributed by atoms with E-state index in [2.05, 4.69) is 0 Å². The van der Waals surface area contributed by atoms with E-state index in [1.807, 2.05) is 0 Å². The molecule has 1 amide bonds. The van der Waals surface area contributed by atoms with Crippen molar-refractivity contribution in [2.24, 2.45) is 5.41 Å². The van der Waals surface area contributed by atoms with E-state index in [-0.39, 0.29) is 13.0 Å². The molecule has 6 heteroatoms. The molecule has 0 radical (unpaired) electrons. The number of carboxylic acids is 1. The third-order valence-electron chi connectivity index (χ3n) is 4.90. The maximum atomic E-state index is 12.2. The Morgan fingerprint density at radius 2 is 1.68 bits per heavy atom. The Kier molecular flexibility index (Phi) is 4.44. The third kappa shape index (κ3) is 3.07. The number of aliphatic carboxylic acids is 1. The van der Waals surface area contributed by atoms with E-state index in [0.717, 1.165) is 19.3 Å². The van der Waals surface area contributed by atoms with Gasteiger partial charge in [-0.2, -0.15) is 0 Å². The van der Waals surface area contributed by atoms with Crippen LogP contribution in [0.3, 0.4) is 0 Å². The van der Waals surface area contributed by atoms with E-state index in [1.165, 1.54) is 4.90 Å². The lowest BCUT2D eigenvalue weighted by Gasteiger charge is -2.44. The molecule has 0 aromatic carbocycles. The molecule has 2 rings (SSSR count). The van der Waals surface area contributed by atoms with Crippen molar-refractivity contribution in [1.29, 1.82) is 0 Å². The number of carboxylic acid groups (broad SMARTS) is 1. The van der Waals surface area contributed by atoms with Gasteiger partial charge in [0.1, 0.15) is 11.0 Å². The number of carbonyl (C=O) groups is 2. The van der Waals surface area contributed by atoms with Gasteiger partial charge >= 0.3 is 12.1 Å². The maximum absolute atomic E-state index is 12.2. The van der Waals surface area contributed by atoms with Crippen molar-refractivity contribution in [3.8, 4) is 0 Å². The van der Waals surface area contributed by atoms with Crippen LogP contribution in [-0.2, 0) is 9.53 Å². The lowest BCUT2D eigenvalue weighted by atomic mass is 9.64. The second-order valence-electron chi connectivity index (χ2n) is 7.63. The van der Waals surface area contributed by atoms with E-state index >= 15 is 0 Å². The highest BCUT2D eigenvalue weighted by Crippen LogP contribution is 2.48. The number of carbonyl (C=O) groups excluding carboxylic acids is 1. The molecular weight excluding hydrogens is 286 g/mol. The van der Waals surface area contributed by atoms with Gasteiger partial charge in [-0.3, -0.25) is 4.79 Å². The van der Waals surface area contributed by atoms with Gasteiger partial charge in [-0.25, -0.2) is 4.79 Å². The molecule has 0 bridgehead atoms. The molecule has 1 unspecified atom stereocenters. The number of hydrogen-bond acceptors (Lipinski definition) is 4. The summed E-state index contributed by atoms with van der Waals surface area (Å²) in [4.78, 5) is 25.6. The molecule has 1 saturated heterocycles. The first-order chi connectivity index (χ1) is 10.1. The number of nitrogens with zero attached hydrogens (tertiary/aromatic N) is 1. The summed E-state index contributed by atoms with van der Waals surface area (Å²) in [5.74, 6) is -1.01. The first kappa shape index (κ1) is 17.1. The minimum absolute atomic E-state index is 0.0216. The molecule has 1 aliphatic heterocycles. The Balaban J connectivity index is 2.18. The molecule has 126 valence electrons. The van der Waals surface area contributed by atoms with Gasteiger partial charge < -0.3 is 19.8 Å². The van der Waals surface area contributed by atoms with Gasteiger partial charge in [0.25, 0.3) is 0 Å². The van der Waals surface area contributed by atoms with Crippen molar-refractivity contribution >= 4 is 12.1 Å². The molecule has 0 aromatic heterocycles. The largest absolute Gasteiger partial charge is 0.481 e. The maximum Gasteiger partial charge on any atom is 0.410 e. The SMILES string of the molecule is CC(C)(C)OC(=O)N1CCC(C(=O)O)(C2(O)CCCCC2)C1. The molecule has 1 saturated carbocycles. The van der Waals surface area contributed by atoms with Crippen LogP contribution in [0.25, 0.3) is 0 Å². The molecule has 6 nitrogen and oxygen atoms in total. The zero-order chi connectivity index (χ0) is 16.6. The van der Waals surface area contributed by atoms with Crippen molar-refractivity contribution in [3.05, 3.63) is 0 Å². The average molecular weight is 313 g/mol. The number of aliphatic hydroxyl groups is 1. The second kappa shape index (κ2) is 5.72. The average Bonchev–Trinajstić information content (AvgIpc) is 2.84. The highest BCUT2D eigenvalue weighted by molar-refractivity contribution is 5.79. The molecule has 22 heavy (non-hydrogen) atoms. The Morgan fingerprint density at radius 3 is 2.18 bits per heavy atom. The predicted molar refractivity (Wildman–Crippen MR) is 80.5 cm³/mol. The van der Waals surface area contributed by atoms with Crippen molar-refractivity contribution in [2.75, 3.05) is 13.1 Å². The summed E-state index contributed by atoms with van der Waals surface area (Å²) in [6.45, 7) is 5.66. The Hall–Kier alpha value is -1.30. The number of amides is 1. The molecule has 2 fully saturated rings. The molecule has 0 spiro atoms. The van der Waals surface area contributed by atoms with Crippen LogP contribution in [0.5, 0.6) is 0 Å². The molecule has 1 heterocycles. The highest BCUT2D eigenvalue weighted by atomic mass is 16.6. The normalized spacial score (nSPS) is 28.5. The van der Waals surface area contributed by atoms with Crippen LogP contribution in [0.4, 0.5) is 4.79 Å². The third-order valence-corrected chi connectivity index (χ3v) is 4.90. The molecule has 0 aromatic rings. The quantitative estimate of drug-likeness (QED) is 0.817. The number of rotatable bonds is 2. The second-order valence-corrected chi connectivity index (χ2v) is 7.63. The first-order valence-corrected chi connectivity index (χ1v) is 8.03. The van der Waals surface area contributed by atoms with E-state index < -0.39 is 28.7 Å². The van der Waals surface area contributed by atoms with Crippen LogP contribution in [0.1, 0.15) is 59.3 Å². The minimum Gasteiger partial charge on any atom is -0.481 e. The van der Waals surface area contributed by atoms with E-state index in [0.29, 0.717) is 19.4 Å². The zero-order valence-corrected chi connectivity index (χ0v) is 13.7. The topological polar surface area (TPSA) is 87.1 Å². The fraction of sp³-hybridized carbons (Fsp3) is 0.875. The monoisotopic (exact) mass is 313 g/mol. The summed E-state index contributed by atoms with van der Waals surface area (Å²) in [7, 11) is 0. The molecule has 2 aliphatic rings. The predicted octanol–water partition coefficient (Wildman–Crippen LogP) is 2.39. The van der Waals surface area contributed by atoms with Crippen LogP contribution in [-0.4, -0.2) is 51.5 Å². The summed E-state index contributed by atoms with van der Waals surface area (Å²) in [6.07, 6.45) is 3.43. The molecular formula is C16H27NO5. The Bertz CT molecular complexity index is 450. The van der Waals surface area contributed by atoms with Gasteiger partial charge in [0.15, 0.2) is 0 Å². The van der Waals surface area contributed by atoms with Gasteiger partial charge in [-0.15, -0.1) is 0 Å². The van der Waals surface area contributed by atoms with Gasteiger partial charge in [-0.1, -0.05) is 19.3 Å². The van der Waals surface area contributed by atoms with E-state index in [1.54, 1.807) is 20.8 Å². The van der Waals surface area contributed by atoms with Crippen LogP contribution < -0.4 is 0 Å². The number of hydrogen-bond donors (Lipinski definition) is 2. The molecule has 1 aliphatic carbocycles. The van der Waals surface area contributed by atoms with Gasteiger partial charge in [0.05, 0.1) is 5.60 Å². The van der Waals surface area contributed by atoms with Crippen molar-refractivity contribution in [2.45, 2.75) is 70.5 Å². The first-order valence-electron chi connectivity index (χ1n) is 8.03. The van der Waals surface area contributed by atoms with Crippen molar-refractivity contribution in [1.82, 2.24) is 4.90 Å². The fourth-order valence-electron chi connectivity index (χ4n) is 3.66. The summed E-state index contributed by atoms with van der Waals surface area (Å²) in [5, 5.41) is 20.7. The van der Waals surface area contributed by atoms with Crippen molar-refractivity contribution in [3.63, 3.8) is 0 Å². The number of ether oxygens (including phenoxy) is 1. The van der Waals surface area contributed by atoms with Crippen LogP contribution >= 0.6 is 0 Å². The standard InChI is InChI=1S/C16H27NO5/c1-14(2,3)22-13(20)17-10-9-15(11-17,12(18)19)16(21)7-5-4-6-8-16/h21H,4-11H2,1-3H3,(H,18,19). The van der Waals surface area contributed by atoms with Crippen LogP contribution in [0, 0.1) is 5.41 Å². The smallest absolute Gasteiger partial charge is 0.410 e. The molecule has 1 atom stereocenters. The number of likely N-dealkylation sites (tertiary alicyclic amines) is 1. The lowest BCUT2D eigenvalue weighted by Crippen LogP contribution is -2.56. The summed E-state index contributed by atoms with van der Waals surface area (Å²) < 4.78 is 5.33. The van der Waals surface area contributed by atoms with E-state index in [4.69, 9.17) is 4.74 Å². The van der Waals surface area contributed by atoms with Gasteiger partial charge in [0.2, 0.25) is 0 Å². The summed E-state index contributed by atoms with van der Waals surface area (Å²) >= 11 is 0. The summed E-state index contributed by atoms with van der Waals surface area (Å²) in [5.41, 5.74) is -3.12. The zero-order valence-electron chi connectivity index (χ0n) is 13.7. The van der Waals surface area contributed by atoms with Gasteiger partial charge in [0, 0.05) is 13.1 Å². The van der Waals surface area contributed by atoms with Crippen molar-refractivity contribution < 1.29 is 24.5 Å². The van der Waals surface area contributed by atoms with Gasteiger partial charge in [-0.05, 0) is 40.0 Å². The van der Waals surface area contributed by atoms with Crippen LogP contribution in [0.15, 0.2) is 0 Å². The highest BCUT2D eigenvalue weighted by Gasteiger charge is 2.60. The lowest BCUT2D eigenvalue weighted by molar-refractivity contribution is -0.172. The summed E-state index contributed by atoms with van der Waals surface area (Å²) in [6, 6.07) is 0. The molecule has 2 N–H and O–H groups in total. The minimum atomic E-state index is -1.27. The van der Waals surface area contributed by atoms with Crippen LogP contribution in [0.2, 0.25) is 0 Å². The Morgan fingerprint density at radius 1 is 1.09 bits per heavy atom. The fourth-order valence-corrected chi connectivity index (χ4v) is 3.66. The van der Waals surface area contributed by atoms with E-state index in [9.17, 15) is 19.8 Å². The Labute approximate surface area is 131 Å².